The molecule has 0 saturated carbocycles. The number of urea groups is 1. The number of hydrogen-bond acceptors (Lipinski definition) is 3. The molecule has 0 bridgehead atoms. The van der Waals surface area contributed by atoms with Gasteiger partial charge in [0.2, 0.25) is 0 Å². The molecule has 0 atom stereocenters. The summed E-state index contributed by atoms with van der Waals surface area (Å²) in [5, 5.41) is 2.49. The molecule has 1 aliphatic rings. The first-order valence-electron chi connectivity index (χ1n) is 4.03. The zero-order valence-electron chi connectivity index (χ0n) is 7.69. The van der Waals surface area contributed by atoms with Crippen LogP contribution in [0.2, 0.25) is 0 Å². The molecule has 7 heteroatoms. The van der Waals surface area contributed by atoms with Gasteiger partial charge in [0.15, 0.2) is 0 Å². The Bertz CT molecular complexity index is 541. The van der Waals surface area contributed by atoms with Gasteiger partial charge in [-0.3, -0.25) is 0 Å². The van der Waals surface area contributed by atoms with Gasteiger partial charge in [0.1, 0.15) is 4.90 Å². The standard InChI is InChI=1S/C8H7BrN2O3S/c1-11-8(12)10-7-5(9)3-2-4-6(7)15(11,13)14/h2-4H,1H3,(H,10,12). The summed E-state index contributed by atoms with van der Waals surface area (Å²) >= 11 is 3.18. The van der Waals surface area contributed by atoms with E-state index in [0.29, 0.717) is 14.5 Å². The Kier molecular flexibility index (Phi) is 2.23. The average molecular weight is 291 g/mol. The number of nitrogens with zero attached hydrogens (tertiary/aromatic N) is 1. The van der Waals surface area contributed by atoms with Crippen molar-refractivity contribution < 1.29 is 13.2 Å². The smallest absolute Gasteiger partial charge is 0.305 e. The lowest BCUT2D eigenvalue weighted by Crippen LogP contribution is -2.41. The number of nitrogens with one attached hydrogen (secondary N) is 1. The van der Waals surface area contributed by atoms with Crippen molar-refractivity contribution in [1.29, 1.82) is 0 Å². The summed E-state index contributed by atoms with van der Waals surface area (Å²) in [5.74, 6) is 0. The number of para-hydroxylation sites is 1. The first-order valence-corrected chi connectivity index (χ1v) is 6.26. The van der Waals surface area contributed by atoms with Gasteiger partial charge < -0.3 is 5.32 Å². The van der Waals surface area contributed by atoms with Crippen molar-refractivity contribution >= 4 is 37.7 Å². The molecule has 1 heterocycles. The topological polar surface area (TPSA) is 66.5 Å². The summed E-state index contributed by atoms with van der Waals surface area (Å²) in [6, 6.07) is 4.06. The molecule has 1 aliphatic heterocycles. The number of benzene rings is 1. The minimum Gasteiger partial charge on any atom is -0.305 e. The number of carbonyl (C=O) groups is 1. The Labute approximate surface area is 95.3 Å². The van der Waals surface area contributed by atoms with Gasteiger partial charge in [-0.05, 0) is 28.1 Å². The average Bonchev–Trinajstić information content (AvgIpc) is 2.17. The van der Waals surface area contributed by atoms with Crippen LogP contribution in [-0.2, 0) is 10.0 Å². The number of halogens is 1. The molecule has 1 aromatic carbocycles. The third-order valence-electron chi connectivity index (χ3n) is 2.13. The molecule has 5 nitrogen and oxygen atoms in total. The monoisotopic (exact) mass is 290 g/mol. The predicted molar refractivity (Wildman–Crippen MR) is 58.1 cm³/mol. The third kappa shape index (κ3) is 1.42. The number of amides is 2. The third-order valence-corrected chi connectivity index (χ3v) is 4.58. The summed E-state index contributed by atoms with van der Waals surface area (Å²) in [6.45, 7) is 0. The van der Waals surface area contributed by atoms with E-state index in [1.807, 2.05) is 0 Å². The number of rotatable bonds is 0. The molecule has 15 heavy (non-hydrogen) atoms. The van der Waals surface area contributed by atoms with Crippen LogP contribution in [0.1, 0.15) is 0 Å². The summed E-state index contributed by atoms with van der Waals surface area (Å²) in [4.78, 5) is 11.4. The lowest BCUT2D eigenvalue weighted by Gasteiger charge is -2.26. The molecule has 0 aliphatic carbocycles. The van der Waals surface area contributed by atoms with Crippen LogP contribution in [0.3, 0.4) is 0 Å². The number of hydrogen-bond donors (Lipinski definition) is 1. The second kappa shape index (κ2) is 3.21. The van der Waals surface area contributed by atoms with Crippen molar-refractivity contribution in [3.05, 3.63) is 22.7 Å². The van der Waals surface area contributed by atoms with E-state index in [1.54, 1.807) is 12.1 Å². The highest BCUT2D eigenvalue weighted by atomic mass is 79.9. The minimum atomic E-state index is -3.70. The Morgan fingerprint density at radius 1 is 1.40 bits per heavy atom. The maximum atomic E-state index is 11.8. The van der Waals surface area contributed by atoms with Gasteiger partial charge in [0, 0.05) is 11.5 Å². The molecule has 0 spiro atoms. The maximum absolute atomic E-state index is 11.8. The van der Waals surface area contributed by atoms with Crippen LogP contribution in [0, 0.1) is 0 Å². The summed E-state index contributed by atoms with van der Waals surface area (Å²) in [6.07, 6.45) is 0. The van der Waals surface area contributed by atoms with E-state index in [1.165, 1.54) is 13.1 Å². The number of carbonyl (C=O) groups excluding carboxylic acids is 1. The molecule has 0 fully saturated rings. The van der Waals surface area contributed by atoms with Crippen LogP contribution in [0.25, 0.3) is 0 Å². The molecule has 2 rings (SSSR count). The van der Waals surface area contributed by atoms with Crippen LogP contribution in [0.15, 0.2) is 27.6 Å². The van der Waals surface area contributed by atoms with Crippen molar-refractivity contribution in [2.75, 3.05) is 12.4 Å². The molecular formula is C8H7BrN2O3S. The van der Waals surface area contributed by atoms with E-state index in [2.05, 4.69) is 21.2 Å². The SMILES string of the molecule is CN1C(=O)Nc2c(Br)cccc2S1(=O)=O. The lowest BCUT2D eigenvalue weighted by molar-refractivity contribution is 0.240. The Morgan fingerprint density at radius 2 is 2.07 bits per heavy atom. The predicted octanol–water partition coefficient (Wildman–Crippen LogP) is 1.62. The minimum absolute atomic E-state index is 0.0963. The van der Waals surface area contributed by atoms with E-state index < -0.39 is 16.1 Å². The highest BCUT2D eigenvalue weighted by molar-refractivity contribution is 9.10. The lowest BCUT2D eigenvalue weighted by atomic mass is 10.3. The Hall–Kier alpha value is -1.08. The first kappa shape index (κ1) is 10.4. The summed E-state index contributed by atoms with van der Waals surface area (Å²) in [5.41, 5.74) is 0.292. The fraction of sp³-hybridized carbons (Fsp3) is 0.125. The summed E-state index contributed by atoms with van der Waals surface area (Å²) < 4.78 is 24.9. The zero-order chi connectivity index (χ0) is 11.2. The molecule has 80 valence electrons. The normalized spacial score (nSPS) is 18.3. The zero-order valence-corrected chi connectivity index (χ0v) is 10.1. The highest BCUT2D eigenvalue weighted by Crippen LogP contribution is 2.34. The van der Waals surface area contributed by atoms with Crippen molar-refractivity contribution in [3.63, 3.8) is 0 Å². The number of fused-ring (bicyclic) bond motifs is 1. The van der Waals surface area contributed by atoms with E-state index in [4.69, 9.17) is 0 Å². The Balaban J connectivity index is 2.78. The van der Waals surface area contributed by atoms with E-state index >= 15 is 0 Å². The molecule has 2 amide bonds. The van der Waals surface area contributed by atoms with Crippen LogP contribution in [0.4, 0.5) is 10.5 Å². The molecule has 0 radical (unpaired) electrons. The van der Waals surface area contributed by atoms with Gasteiger partial charge in [-0.2, -0.15) is 0 Å². The quantitative estimate of drug-likeness (QED) is 0.789. The highest BCUT2D eigenvalue weighted by Gasteiger charge is 2.34. The van der Waals surface area contributed by atoms with Crippen molar-refractivity contribution in [2.24, 2.45) is 0 Å². The van der Waals surface area contributed by atoms with Crippen molar-refractivity contribution in [2.45, 2.75) is 4.90 Å². The number of anilines is 1. The van der Waals surface area contributed by atoms with Gasteiger partial charge in [0.05, 0.1) is 5.69 Å². The van der Waals surface area contributed by atoms with Gasteiger partial charge in [-0.15, -0.1) is 0 Å². The van der Waals surface area contributed by atoms with Crippen LogP contribution in [0.5, 0.6) is 0 Å². The van der Waals surface area contributed by atoms with Crippen LogP contribution < -0.4 is 5.32 Å². The largest absolute Gasteiger partial charge is 0.335 e. The van der Waals surface area contributed by atoms with Crippen LogP contribution in [-0.4, -0.2) is 25.8 Å². The maximum Gasteiger partial charge on any atom is 0.335 e. The molecule has 0 unspecified atom stereocenters. The fourth-order valence-electron chi connectivity index (χ4n) is 1.28. The van der Waals surface area contributed by atoms with E-state index in [0.717, 1.165) is 0 Å². The molecule has 0 aromatic heterocycles. The molecular weight excluding hydrogens is 284 g/mol. The first-order chi connectivity index (χ1) is 6.94. The number of sulfonamides is 1. The fourth-order valence-corrected chi connectivity index (χ4v) is 3.11. The van der Waals surface area contributed by atoms with Gasteiger partial charge >= 0.3 is 6.03 Å². The summed E-state index contributed by atoms with van der Waals surface area (Å²) in [7, 11) is -2.48. The molecule has 1 aromatic rings. The second-order valence-corrected chi connectivity index (χ2v) is 5.81. The van der Waals surface area contributed by atoms with Gasteiger partial charge in [-0.25, -0.2) is 17.5 Å². The van der Waals surface area contributed by atoms with Crippen molar-refractivity contribution in [3.8, 4) is 0 Å². The van der Waals surface area contributed by atoms with Gasteiger partial charge in [-0.1, -0.05) is 6.07 Å². The van der Waals surface area contributed by atoms with Crippen LogP contribution >= 0.6 is 15.9 Å². The van der Waals surface area contributed by atoms with Gasteiger partial charge in [0.25, 0.3) is 10.0 Å². The van der Waals surface area contributed by atoms with E-state index in [9.17, 15) is 13.2 Å². The molecule has 0 saturated heterocycles. The Morgan fingerprint density at radius 3 is 2.73 bits per heavy atom. The van der Waals surface area contributed by atoms with Crippen molar-refractivity contribution in [1.82, 2.24) is 4.31 Å². The second-order valence-electron chi connectivity index (χ2n) is 3.02. The van der Waals surface area contributed by atoms with E-state index in [-0.39, 0.29) is 4.90 Å². The molecule has 1 N–H and O–H groups in total.